The zero-order valence-corrected chi connectivity index (χ0v) is 11.8. The summed E-state index contributed by atoms with van der Waals surface area (Å²) in [6.07, 6.45) is 3.67. The van der Waals surface area contributed by atoms with Gasteiger partial charge in [0.15, 0.2) is 0 Å². The Morgan fingerprint density at radius 1 is 1.40 bits per heavy atom. The topological polar surface area (TPSA) is 67.6 Å². The van der Waals surface area contributed by atoms with Crippen molar-refractivity contribution in [1.29, 1.82) is 0 Å². The standard InChI is InChI=1S/C15H21N3O2/c1-20-14-8-10(2-5-13(14)16)15(19)17-11-6-7-18(9-11)12-3-4-12/h2,5,8,11-12H,3-4,6-7,9,16H2,1H3,(H,17,19). The molecule has 1 aromatic carbocycles. The van der Waals surface area contributed by atoms with Crippen molar-refractivity contribution in [2.24, 2.45) is 0 Å². The number of hydrogen-bond acceptors (Lipinski definition) is 4. The van der Waals surface area contributed by atoms with E-state index < -0.39 is 0 Å². The predicted molar refractivity (Wildman–Crippen MR) is 77.9 cm³/mol. The molecule has 1 amide bonds. The first-order chi connectivity index (χ1) is 9.67. The second kappa shape index (κ2) is 5.32. The first kappa shape index (κ1) is 13.2. The summed E-state index contributed by atoms with van der Waals surface area (Å²) < 4.78 is 5.15. The van der Waals surface area contributed by atoms with Crippen molar-refractivity contribution in [1.82, 2.24) is 10.2 Å². The fourth-order valence-electron chi connectivity index (χ4n) is 2.80. The monoisotopic (exact) mass is 275 g/mol. The molecule has 0 aromatic heterocycles. The van der Waals surface area contributed by atoms with Gasteiger partial charge in [-0.3, -0.25) is 9.69 Å². The lowest BCUT2D eigenvalue weighted by Crippen LogP contribution is -2.37. The zero-order chi connectivity index (χ0) is 14.1. The summed E-state index contributed by atoms with van der Waals surface area (Å²) in [5, 5.41) is 3.10. The minimum atomic E-state index is -0.0500. The third-order valence-corrected chi connectivity index (χ3v) is 4.11. The third kappa shape index (κ3) is 2.72. The number of ether oxygens (including phenoxy) is 1. The molecule has 5 nitrogen and oxygen atoms in total. The third-order valence-electron chi connectivity index (χ3n) is 4.11. The van der Waals surface area contributed by atoms with Crippen LogP contribution in [0.5, 0.6) is 5.75 Å². The van der Waals surface area contributed by atoms with E-state index in [2.05, 4.69) is 10.2 Å². The number of amides is 1. The van der Waals surface area contributed by atoms with Crippen LogP contribution in [0.15, 0.2) is 18.2 Å². The van der Waals surface area contributed by atoms with Crippen molar-refractivity contribution in [3.8, 4) is 5.75 Å². The molecule has 1 unspecified atom stereocenters. The lowest BCUT2D eigenvalue weighted by Gasteiger charge is -2.16. The Morgan fingerprint density at radius 3 is 2.90 bits per heavy atom. The first-order valence-electron chi connectivity index (χ1n) is 7.16. The highest BCUT2D eigenvalue weighted by Gasteiger charge is 2.34. The Morgan fingerprint density at radius 2 is 2.20 bits per heavy atom. The molecule has 0 bridgehead atoms. The fraction of sp³-hybridized carbons (Fsp3) is 0.533. The summed E-state index contributed by atoms with van der Waals surface area (Å²) in [4.78, 5) is 14.7. The molecule has 3 rings (SSSR count). The van der Waals surface area contributed by atoms with Crippen molar-refractivity contribution in [2.45, 2.75) is 31.3 Å². The van der Waals surface area contributed by atoms with Gasteiger partial charge in [-0.1, -0.05) is 0 Å². The molecule has 1 aromatic rings. The molecule has 0 spiro atoms. The number of carbonyl (C=O) groups excluding carboxylic acids is 1. The molecule has 108 valence electrons. The average Bonchev–Trinajstić information content (AvgIpc) is 3.20. The van der Waals surface area contributed by atoms with Crippen LogP contribution in [0.4, 0.5) is 5.69 Å². The Balaban J connectivity index is 1.61. The van der Waals surface area contributed by atoms with Crippen molar-refractivity contribution in [3.63, 3.8) is 0 Å². The van der Waals surface area contributed by atoms with Gasteiger partial charge in [-0.2, -0.15) is 0 Å². The summed E-state index contributed by atoms with van der Waals surface area (Å²) in [5.41, 5.74) is 6.90. The Bertz CT molecular complexity index is 514. The van der Waals surface area contributed by atoms with E-state index in [1.54, 1.807) is 25.3 Å². The molecular weight excluding hydrogens is 254 g/mol. The highest BCUT2D eigenvalue weighted by atomic mass is 16.5. The summed E-state index contributed by atoms with van der Waals surface area (Å²) >= 11 is 0. The maximum Gasteiger partial charge on any atom is 0.251 e. The number of nitrogens with one attached hydrogen (secondary N) is 1. The van der Waals surface area contributed by atoms with Crippen LogP contribution >= 0.6 is 0 Å². The number of hydrogen-bond donors (Lipinski definition) is 2. The van der Waals surface area contributed by atoms with Crippen LogP contribution in [0, 0.1) is 0 Å². The maximum atomic E-state index is 12.2. The van der Waals surface area contributed by atoms with E-state index in [0.29, 0.717) is 17.0 Å². The van der Waals surface area contributed by atoms with Gasteiger partial charge in [-0.25, -0.2) is 0 Å². The van der Waals surface area contributed by atoms with Gasteiger partial charge in [0, 0.05) is 30.7 Å². The largest absolute Gasteiger partial charge is 0.495 e. The van der Waals surface area contributed by atoms with Gasteiger partial charge in [0.25, 0.3) is 5.91 Å². The molecule has 1 aliphatic carbocycles. The SMILES string of the molecule is COc1cc(C(=O)NC2CCN(C3CC3)C2)ccc1N. The normalized spacial score (nSPS) is 22.8. The average molecular weight is 275 g/mol. The van der Waals surface area contributed by atoms with Gasteiger partial charge < -0.3 is 15.8 Å². The number of anilines is 1. The minimum Gasteiger partial charge on any atom is -0.495 e. The highest BCUT2D eigenvalue weighted by Crippen LogP contribution is 2.30. The van der Waals surface area contributed by atoms with E-state index in [9.17, 15) is 4.79 Å². The quantitative estimate of drug-likeness (QED) is 0.811. The fourth-order valence-corrected chi connectivity index (χ4v) is 2.80. The smallest absolute Gasteiger partial charge is 0.251 e. The maximum absolute atomic E-state index is 12.2. The molecule has 2 aliphatic rings. The van der Waals surface area contributed by atoms with E-state index in [0.717, 1.165) is 25.6 Å². The Hall–Kier alpha value is -1.75. The van der Waals surface area contributed by atoms with Crippen molar-refractivity contribution in [3.05, 3.63) is 23.8 Å². The molecule has 1 heterocycles. The molecule has 3 N–H and O–H groups in total. The number of methoxy groups -OCH3 is 1. The molecule has 0 radical (unpaired) electrons. The molecular formula is C15H21N3O2. The van der Waals surface area contributed by atoms with Gasteiger partial charge in [0.1, 0.15) is 5.75 Å². The van der Waals surface area contributed by atoms with E-state index in [-0.39, 0.29) is 11.9 Å². The van der Waals surface area contributed by atoms with Crippen LogP contribution in [0.25, 0.3) is 0 Å². The summed E-state index contributed by atoms with van der Waals surface area (Å²) in [7, 11) is 1.55. The number of nitrogen functional groups attached to an aromatic ring is 1. The Labute approximate surface area is 119 Å². The van der Waals surface area contributed by atoms with E-state index in [1.807, 2.05) is 0 Å². The van der Waals surface area contributed by atoms with Gasteiger partial charge in [-0.15, -0.1) is 0 Å². The lowest BCUT2D eigenvalue weighted by molar-refractivity contribution is 0.0937. The molecule has 5 heteroatoms. The number of benzene rings is 1. The van der Waals surface area contributed by atoms with Crippen molar-refractivity contribution in [2.75, 3.05) is 25.9 Å². The summed E-state index contributed by atoms with van der Waals surface area (Å²) in [6.45, 7) is 2.07. The van der Waals surface area contributed by atoms with Crippen LogP contribution in [-0.2, 0) is 0 Å². The second-order valence-electron chi connectivity index (χ2n) is 5.64. The predicted octanol–water partition coefficient (Wildman–Crippen LogP) is 1.24. The van der Waals surface area contributed by atoms with Crippen molar-refractivity contribution < 1.29 is 9.53 Å². The van der Waals surface area contributed by atoms with Crippen LogP contribution < -0.4 is 15.8 Å². The number of nitrogens with zero attached hydrogens (tertiary/aromatic N) is 1. The highest BCUT2D eigenvalue weighted by molar-refractivity contribution is 5.95. The number of likely N-dealkylation sites (tertiary alicyclic amines) is 1. The van der Waals surface area contributed by atoms with E-state index in [4.69, 9.17) is 10.5 Å². The first-order valence-corrected chi connectivity index (χ1v) is 7.16. The van der Waals surface area contributed by atoms with E-state index >= 15 is 0 Å². The lowest BCUT2D eigenvalue weighted by atomic mass is 10.1. The van der Waals surface area contributed by atoms with E-state index in [1.165, 1.54) is 12.8 Å². The number of nitrogens with two attached hydrogens (primary N) is 1. The van der Waals surface area contributed by atoms with Crippen LogP contribution in [0.2, 0.25) is 0 Å². The van der Waals surface area contributed by atoms with Crippen LogP contribution in [0.1, 0.15) is 29.6 Å². The minimum absolute atomic E-state index is 0.0500. The number of carbonyl (C=O) groups is 1. The number of rotatable bonds is 4. The van der Waals surface area contributed by atoms with Gasteiger partial charge >= 0.3 is 0 Å². The molecule has 1 atom stereocenters. The molecule has 20 heavy (non-hydrogen) atoms. The molecule has 1 aliphatic heterocycles. The zero-order valence-electron chi connectivity index (χ0n) is 11.8. The second-order valence-corrected chi connectivity index (χ2v) is 5.64. The van der Waals surface area contributed by atoms with Crippen LogP contribution in [0.3, 0.4) is 0 Å². The van der Waals surface area contributed by atoms with Crippen molar-refractivity contribution >= 4 is 11.6 Å². The van der Waals surface area contributed by atoms with Crippen LogP contribution in [-0.4, -0.2) is 43.1 Å². The van der Waals surface area contributed by atoms with Gasteiger partial charge in [-0.05, 0) is 37.5 Å². The molecule has 1 saturated heterocycles. The Kier molecular flexibility index (Phi) is 3.53. The summed E-state index contributed by atoms with van der Waals surface area (Å²) in [6, 6.07) is 6.16. The summed E-state index contributed by atoms with van der Waals surface area (Å²) in [5.74, 6) is 0.495. The van der Waals surface area contributed by atoms with Gasteiger partial charge in [0.2, 0.25) is 0 Å². The molecule has 2 fully saturated rings. The van der Waals surface area contributed by atoms with Gasteiger partial charge in [0.05, 0.1) is 12.8 Å². The molecule has 1 saturated carbocycles.